The number of hydrogen-bond donors (Lipinski definition) is 2. The second-order valence-electron chi connectivity index (χ2n) is 5.09. The molecule has 3 N–H and O–H groups in total. The number of nitrogens with zero attached hydrogens (tertiary/aromatic N) is 4. The molecule has 4 rings (SSSR count). The summed E-state index contributed by atoms with van der Waals surface area (Å²) in [5, 5.41) is 7.42. The Balaban J connectivity index is 1.61. The first kappa shape index (κ1) is 13.4. The van der Waals surface area contributed by atoms with E-state index in [0.717, 1.165) is 17.0 Å². The van der Waals surface area contributed by atoms with E-state index in [1.54, 1.807) is 6.20 Å². The van der Waals surface area contributed by atoms with Crippen molar-refractivity contribution in [1.29, 1.82) is 0 Å². The Kier molecular flexibility index (Phi) is 3.00. The molecule has 3 heterocycles. The molecule has 23 heavy (non-hydrogen) atoms. The summed E-state index contributed by atoms with van der Waals surface area (Å²) in [6, 6.07) is 9.28. The van der Waals surface area contributed by atoms with Gasteiger partial charge in [0.25, 0.3) is 0 Å². The fourth-order valence-corrected chi connectivity index (χ4v) is 2.23. The first-order valence-corrected chi connectivity index (χ1v) is 7.01. The second-order valence-corrected chi connectivity index (χ2v) is 5.09. The number of aromatic nitrogens is 4. The van der Waals surface area contributed by atoms with Crippen LogP contribution in [0.3, 0.4) is 0 Å². The van der Waals surface area contributed by atoms with Crippen LogP contribution in [-0.2, 0) is 0 Å². The maximum atomic E-state index is 5.92. The predicted octanol–water partition coefficient (Wildman–Crippen LogP) is 2.03. The molecule has 1 aromatic carbocycles. The van der Waals surface area contributed by atoms with Gasteiger partial charge in [-0.3, -0.25) is 0 Å². The number of nitrogen functional groups attached to an aromatic ring is 1. The topological polar surface area (TPSA) is 100 Å². The Morgan fingerprint density at radius 1 is 1.17 bits per heavy atom. The van der Waals surface area contributed by atoms with Crippen LogP contribution in [0.25, 0.3) is 5.82 Å². The largest absolute Gasteiger partial charge is 0.454 e. The standard InChI is InChI=1S/C15H14N6O2/c1-9-2-5-13(17-7-9)21-14(16)19-15(20-21)18-10-3-4-11-12(6-10)23-8-22-11/h2-7H,8H2,1H3,(H3,16,18,19,20). The van der Waals surface area contributed by atoms with Crippen LogP contribution in [-0.4, -0.2) is 26.5 Å². The van der Waals surface area contributed by atoms with Gasteiger partial charge in [0.15, 0.2) is 17.3 Å². The Bertz CT molecular complexity index is 859. The summed E-state index contributed by atoms with van der Waals surface area (Å²) in [4.78, 5) is 8.50. The molecule has 0 saturated heterocycles. The van der Waals surface area contributed by atoms with Crippen LogP contribution < -0.4 is 20.5 Å². The van der Waals surface area contributed by atoms with Crippen molar-refractivity contribution in [3.05, 3.63) is 42.1 Å². The summed E-state index contributed by atoms with van der Waals surface area (Å²) in [6.07, 6.45) is 1.75. The first-order valence-electron chi connectivity index (χ1n) is 7.01. The Morgan fingerprint density at radius 2 is 2.04 bits per heavy atom. The molecule has 0 radical (unpaired) electrons. The average molecular weight is 310 g/mol. The highest BCUT2D eigenvalue weighted by Gasteiger charge is 2.15. The maximum Gasteiger partial charge on any atom is 0.248 e. The van der Waals surface area contributed by atoms with E-state index in [-0.39, 0.29) is 12.7 Å². The third-order valence-electron chi connectivity index (χ3n) is 3.37. The molecule has 0 spiro atoms. The van der Waals surface area contributed by atoms with E-state index >= 15 is 0 Å². The minimum atomic E-state index is 0.234. The SMILES string of the molecule is Cc1ccc(-n2nc(Nc3ccc4c(c3)OCO4)nc2N)nc1. The van der Waals surface area contributed by atoms with Crippen LogP contribution in [0.1, 0.15) is 5.56 Å². The van der Waals surface area contributed by atoms with E-state index in [0.29, 0.717) is 17.5 Å². The van der Waals surface area contributed by atoms with Crippen molar-refractivity contribution in [2.75, 3.05) is 17.8 Å². The van der Waals surface area contributed by atoms with Gasteiger partial charge in [-0.25, -0.2) is 4.98 Å². The van der Waals surface area contributed by atoms with Crippen molar-refractivity contribution >= 4 is 17.6 Å². The molecule has 0 saturated carbocycles. The molecule has 2 aromatic heterocycles. The van der Waals surface area contributed by atoms with Crippen LogP contribution in [0.5, 0.6) is 11.5 Å². The molecule has 0 amide bonds. The zero-order valence-corrected chi connectivity index (χ0v) is 12.4. The minimum absolute atomic E-state index is 0.234. The summed E-state index contributed by atoms with van der Waals surface area (Å²) in [5.74, 6) is 2.65. The number of hydrogen-bond acceptors (Lipinski definition) is 7. The fraction of sp³-hybridized carbons (Fsp3) is 0.133. The number of fused-ring (bicyclic) bond motifs is 1. The van der Waals surface area contributed by atoms with Gasteiger partial charge in [0.1, 0.15) is 0 Å². The van der Waals surface area contributed by atoms with Crippen molar-refractivity contribution in [2.45, 2.75) is 6.92 Å². The smallest absolute Gasteiger partial charge is 0.248 e. The van der Waals surface area contributed by atoms with Gasteiger partial charge in [-0.1, -0.05) is 6.07 Å². The molecule has 0 unspecified atom stereocenters. The Morgan fingerprint density at radius 3 is 2.87 bits per heavy atom. The zero-order chi connectivity index (χ0) is 15.8. The summed E-state index contributed by atoms with van der Waals surface area (Å²) < 4.78 is 12.1. The first-order chi connectivity index (χ1) is 11.2. The molecule has 1 aliphatic rings. The van der Waals surface area contributed by atoms with Gasteiger partial charge in [-0.05, 0) is 30.7 Å². The highest BCUT2D eigenvalue weighted by atomic mass is 16.7. The molecule has 8 heteroatoms. The number of nitrogens with one attached hydrogen (secondary N) is 1. The van der Waals surface area contributed by atoms with Crippen molar-refractivity contribution in [3.63, 3.8) is 0 Å². The lowest BCUT2D eigenvalue weighted by atomic mass is 10.3. The molecule has 1 aliphatic heterocycles. The van der Waals surface area contributed by atoms with E-state index in [4.69, 9.17) is 15.2 Å². The van der Waals surface area contributed by atoms with Crippen LogP contribution >= 0.6 is 0 Å². The second kappa shape index (κ2) is 5.16. The normalized spacial score (nSPS) is 12.4. The van der Waals surface area contributed by atoms with Crippen LogP contribution in [0.2, 0.25) is 0 Å². The highest BCUT2D eigenvalue weighted by Crippen LogP contribution is 2.34. The number of pyridine rings is 1. The highest BCUT2D eigenvalue weighted by molar-refractivity contribution is 5.60. The Hall–Kier alpha value is -3.29. The molecule has 8 nitrogen and oxygen atoms in total. The third kappa shape index (κ3) is 2.50. The number of aryl methyl sites for hydroxylation is 1. The van der Waals surface area contributed by atoms with Crippen LogP contribution in [0.4, 0.5) is 17.6 Å². The van der Waals surface area contributed by atoms with Gasteiger partial charge >= 0.3 is 0 Å². The molecule has 0 bridgehead atoms. The quantitative estimate of drug-likeness (QED) is 0.763. The van der Waals surface area contributed by atoms with Gasteiger partial charge in [0.2, 0.25) is 18.7 Å². The van der Waals surface area contributed by atoms with E-state index in [1.165, 1.54) is 4.68 Å². The Labute approximate surface area is 131 Å². The van der Waals surface area contributed by atoms with Gasteiger partial charge < -0.3 is 20.5 Å². The van der Waals surface area contributed by atoms with Gasteiger partial charge in [-0.2, -0.15) is 9.67 Å². The van der Waals surface area contributed by atoms with Gasteiger partial charge in [0.05, 0.1) is 0 Å². The number of anilines is 3. The van der Waals surface area contributed by atoms with Crippen LogP contribution in [0, 0.1) is 6.92 Å². The van der Waals surface area contributed by atoms with Gasteiger partial charge in [0, 0.05) is 18.0 Å². The van der Waals surface area contributed by atoms with Crippen molar-refractivity contribution in [2.24, 2.45) is 0 Å². The summed E-state index contributed by atoms with van der Waals surface area (Å²) in [5.41, 5.74) is 7.76. The molecular formula is C15H14N6O2. The van der Waals surface area contributed by atoms with E-state index < -0.39 is 0 Å². The van der Waals surface area contributed by atoms with Crippen molar-refractivity contribution in [1.82, 2.24) is 19.7 Å². The number of benzene rings is 1. The van der Waals surface area contributed by atoms with E-state index in [1.807, 2.05) is 37.3 Å². The van der Waals surface area contributed by atoms with Crippen LogP contribution in [0.15, 0.2) is 36.5 Å². The molecule has 0 fully saturated rings. The molecular weight excluding hydrogens is 296 g/mol. The third-order valence-corrected chi connectivity index (χ3v) is 3.37. The summed E-state index contributed by atoms with van der Waals surface area (Å²) in [7, 11) is 0. The lowest BCUT2D eigenvalue weighted by Gasteiger charge is -2.03. The molecule has 0 aliphatic carbocycles. The lowest BCUT2D eigenvalue weighted by molar-refractivity contribution is 0.174. The maximum absolute atomic E-state index is 5.92. The van der Waals surface area contributed by atoms with E-state index in [9.17, 15) is 0 Å². The molecule has 0 atom stereocenters. The minimum Gasteiger partial charge on any atom is -0.454 e. The summed E-state index contributed by atoms with van der Waals surface area (Å²) >= 11 is 0. The monoisotopic (exact) mass is 310 g/mol. The lowest BCUT2D eigenvalue weighted by Crippen LogP contribution is -2.04. The van der Waals surface area contributed by atoms with Gasteiger partial charge in [-0.15, -0.1) is 5.10 Å². The van der Waals surface area contributed by atoms with E-state index in [2.05, 4.69) is 20.4 Å². The molecule has 3 aromatic rings. The van der Waals surface area contributed by atoms with Crippen molar-refractivity contribution in [3.8, 4) is 17.3 Å². The zero-order valence-electron chi connectivity index (χ0n) is 12.4. The number of nitrogens with two attached hydrogens (primary N) is 1. The number of ether oxygens (including phenoxy) is 2. The average Bonchev–Trinajstić information content (AvgIpc) is 3.14. The fourth-order valence-electron chi connectivity index (χ4n) is 2.23. The number of rotatable bonds is 3. The summed E-state index contributed by atoms with van der Waals surface area (Å²) in [6.45, 7) is 2.20. The van der Waals surface area contributed by atoms with Crippen molar-refractivity contribution < 1.29 is 9.47 Å². The predicted molar refractivity (Wildman–Crippen MR) is 84.2 cm³/mol. The molecule has 116 valence electrons.